The van der Waals surface area contributed by atoms with Gasteiger partial charge in [0.05, 0.1) is 18.6 Å². The maximum Gasteiger partial charge on any atom is 0.376 e. The highest BCUT2D eigenvalue weighted by molar-refractivity contribution is 7.54. The minimum Gasteiger partial charge on any atom is -0.444 e. The third-order valence-corrected chi connectivity index (χ3v) is 11.9. The van der Waals surface area contributed by atoms with Gasteiger partial charge in [-0.2, -0.15) is 0 Å². The quantitative estimate of drug-likeness (QED) is 0.192. The molecule has 0 radical (unpaired) electrons. The fourth-order valence-electron chi connectivity index (χ4n) is 6.54. The molecule has 8 heteroatoms. The van der Waals surface area contributed by atoms with E-state index in [1.807, 2.05) is 23.6 Å². The number of aromatic nitrogens is 1. The Balaban J connectivity index is 1.73. The molecule has 6 nitrogen and oxygen atoms in total. The van der Waals surface area contributed by atoms with Gasteiger partial charge < -0.3 is 13.8 Å². The molecule has 2 aliphatic carbocycles. The monoisotopic (exact) mass is 589 g/mol. The topological polar surface area (TPSA) is 74.7 Å². The Kier molecular flexibility index (Phi) is 11.1. The highest BCUT2D eigenvalue weighted by Crippen LogP contribution is 2.65. The lowest BCUT2D eigenvalue weighted by molar-refractivity contribution is -0.146. The standard InChI is InChI=1S/C32H48NO5PS/c1-21(2)27-13-11-23(5)17-29(27)37-39(35,38-30-18-24(6)12-14-28(30)22(3)4)32(25-9-7-15-33-20-25)36-31(34)19-26-10-8-16-40-26/h7-10,15-16,20-24,27-30,32H,11-14,17-19H2,1-6H3. The van der Waals surface area contributed by atoms with Crippen LogP contribution in [0, 0.1) is 35.5 Å². The second-order valence-electron chi connectivity index (χ2n) is 12.9. The van der Waals surface area contributed by atoms with Gasteiger partial charge in [-0.25, -0.2) is 0 Å². The summed E-state index contributed by atoms with van der Waals surface area (Å²) in [5.74, 6) is 0.577. The zero-order valence-electron chi connectivity index (χ0n) is 25.0. The first kappa shape index (κ1) is 31.4. The number of pyridine rings is 1. The van der Waals surface area contributed by atoms with Gasteiger partial charge in [0.15, 0.2) is 0 Å². The smallest absolute Gasteiger partial charge is 0.376 e. The minimum absolute atomic E-state index is 0.110. The van der Waals surface area contributed by atoms with Crippen molar-refractivity contribution in [2.45, 2.75) is 105 Å². The molecule has 2 fully saturated rings. The van der Waals surface area contributed by atoms with Crippen LogP contribution in [0.5, 0.6) is 0 Å². The van der Waals surface area contributed by atoms with Crippen LogP contribution in [-0.2, 0) is 29.6 Å². The summed E-state index contributed by atoms with van der Waals surface area (Å²) in [6, 6.07) is 7.40. The van der Waals surface area contributed by atoms with Crippen molar-refractivity contribution >= 4 is 24.9 Å². The Morgan fingerprint density at radius 1 is 0.950 bits per heavy atom. The molecule has 0 aliphatic heterocycles. The minimum atomic E-state index is -4.02. The molecule has 0 N–H and O–H groups in total. The van der Waals surface area contributed by atoms with Gasteiger partial charge in [-0.1, -0.05) is 66.5 Å². The van der Waals surface area contributed by atoms with Crippen LogP contribution in [0.25, 0.3) is 0 Å². The molecule has 7 atom stereocenters. The van der Waals surface area contributed by atoms with E-state index in [-0.39, 0.29) is 30.5 Å². The zero-order chi connectivity index (χ0) is 28.9. The summed E-state index contributed by atoms with van der Waals surface area (Å²) in [7, 11) is -4.02. The van der Waals surface area contributed by atoms with Gasteiger partial charge in [-0.3, -0.25) is 14.3 Å². The van der Waals surface area contributed by atoms with Gasteiger partial charge in [-0.15, -0.1) is 11.3 Å². The number of esters is 1. The van der Waals surface area contributed by atoms with Gasteiger partial charge in [0.25, 0.3) is 0 Å². The summed E-state index contributed by atoms with van der Waals surface area (Å²) in [6.45, 7) is 13.3. The van der Waals surface area contributed by atoms with Gasteiger partial charge in [0, 0.05) is 22.8 Å². The van der Waals surface area contributed by atoms with E-state index in [4.69, 9.17) is 13.8 Å². The van der Waals surface area contributed by atoms with Crippen LogP contribution >= 0.6 is 18.9 Å². The van der Waals surface area contributed by atoms with Crippen molar-refractivity contribution < 1.29 is 23.1 Å². The summed E-state index contributed by atoms with van der Waals surface area (Å²) in [5, 5.41) is 1.94. The lowest BCUT2D eigenvalue weighted by Crippen LogP contribution is -2.37. The molecule has 40 heavy (non-hydrogen) atoms. The van der Waals surface area contributed by atoms with Crippen molar-refractivity contribution in [3.05, 3.63) is 52.5 Å². The van der Waals surface area contributed by atoms with Crippen LogP contribution in [-0.4, -0.2) is 23.2 Å². The number of hydrogen-bond donors (Lipinski definition) is 0. The average molecular weight is 590 g/mol. The number of rotatable bonds is 11. The highest BCUT2D eigenvalue weighted by Gasteiger charge is 2.49. The lowest BCUT2D eigenvalue weighted by Gasteiger charge is -2.43. The molecular formula is C32H48NO5PS. The molecule has 4 rings (SSSR count). The number of thiophene rings is 1. The van der Waals surface area contributed by atoms with E-state index in [1.54, 1.807) is 18.5 Å². The molecule has 0 aromatic carbocycles. The molecule has 0 saturated heterocycles. The van der Waals surface area contributed by atoms with E-state index in [9.17, 15) is 4.79 Å². The fraction of sp³-hybridized carbons (Fsp3) is 0.688. The molecule has 2 aromatic heterocycles. The fourth-order valence-corrected chi connectivity index (χ4v) is 9.51. The van der Waals surface area contributed by atoms with Crippen LogP contribution in [0.4, 0.5) is 0 Å². The number of ether oxygens (including phenoxy) is 1. The lowest BCUT2D eigenvalue weighted by atomic mass is 9.75. The third kappa shape index (κ3) is 8.06. The summed E-state index contributed by atoms with van der Waals surface area (Å²) < 4.78 is 35.1. The molecule has 2 aliphatic rings. The molecule has 222 valence electrons. The SMILES string of the molecule is CC1CCC(C(C)C)C(OP(=O)(OC2CC(C)CCC2C(C)C)C(OC(=O)Cc2cccs2)c2cccnc2)C1. The maximum absolute atomic E-state index is 15.4. The van der Waals surface area contributed by atoms with E-state index in [1.165, 1.54) is 11.3 Å². The first-order chi connectivity index (χ1) is 19.1. The second-order valence-corrected chi connectivity index (χ2v) is 15.9. The maximum atomic E-state index is 15.4. The Bertz CT molecular complexity index is 1070. The Morgan fingerprint density at radius 2 is 1.55 bits per heavy atom. The van der Waals surface area contributed by atoms with Crippen LogP contribution in [0.2, 0.25) is 0 Å². The summed E-state index contributed by atoms with van der Waals surface area (Å²) >= 11 is 1.50. The van der Waals surface area contributed by atoms with Gasteiger partial charge >= 0.3 is 13.6 Å². The van der Waals surface area contributed by atoms with Crippen molar-refractivity contribution in [2.75, 3.05) is 0 Å². The Hall–Kier alpha value is -1.53. The molecule has 2 aromatic rings. The van der Waals surface area contributed by atoms with Crippen LogP contribution in [0.1, 0.15) is 96.4 Å². The molecule has 0 bridgehead atoms. The van der Waals surface area contributed by atoms with Crippen molar-refractivity contribution in [3.8, 4) is 0 Å². The van der Waals surface area contributed by atoms with Crippen molar-refractivity contribution in [1.29, 1.82) is 0 Å². The Morgan fingerprint density at radius 3 is 2.02 bits per heavy atom. The van der Waals surface area contributed by atoms with Crippen molar-refractivity contribution in [3.63, 3.8) is 0 Å². The molecular weight excluding hydrogens is 541 g/mol. The first-order valence-corrected chi connectivity index (χ1v) is 17.6. The highest BCUT2D eigenvalue weighted by atomic mass is 32.1. The number of carbonyl (C=O) groups is 1. The van der Waals surface area contributed by atoms with E-state index >= 15 is 4.57 Å². The molecule has 7 unspecified atom stereocenters. The number of carbonyl (C=O) groups excluding carboxylic acids is 1. The third-order valence-electron chi connectivity index (χ3n) is 8.89. The van der Waals surface area contributed by atoms with E-state index < -0.39 is 19.4 Å². The first-order valence-electron chi connectivity index (χ1n) is 15.1. The van der Waals surface area contributed by atoms with Crippen molar-refractivity contribution in [2.24, 2.45) is 35.5 Å². The number of nitrogens with zero attached hydrogens (tertiary/aromatic N) is 1. The molecule has 0 amide bonds. The van der Waals surface area contributed by atoms with Crippen LogP contribution < -0.4 is 0 Å². The van der Waals surface area contributed by atoms with Crippen molar-refractivity contribution in [1.82, 2.24) is 4.98 Å². The van der Waals surface area contributed by atoms with Gasteiger partial charge in [0.2, 0.25) is 5.85 Å². The predicted molar refractivity (Wildman–Crippen MR) is 161 cm³/mol. The molecule has 2 saturated carbocycles. The second kappa shape index (κ2) is 14.1. The summed E-state index contributed by atoms with van der Waals surface area (Å²) in [6.07, 6.45) is 8.86. The Labute approximate surface area is 245 Å². The summed E-state index contributed by atoms with van der Waals surface area (Å²) in [4.78, 5) is 18.5. The predicted octanol–water partition coefficient (Wildman–Crippen LogP) is 9.08. The largest absolute Gasteiger partial charge is 0.444 e. The molecule has 0 spiro atoms. The zero-order valence-corrected chi connectivity index (χ0v) is 26.7. The average Bonchev–Trinajstić information content (AvgIpc) is 3.40. The van der Waals surface area contributed by atoms with Crippen LogP contribution in [0.3, 0.4) is 0 Å². The van der Waals surface area contributed by atoms with E-state index in [0.29, 0.717) is 29.2 Å². The van der Waals surface area contributed by atoms with E-state index in [0.717, 1.165) is 43.4 Å². The van der Waals surface area contributed by atoms with Gasteiger partial charge in [0.1, 0.15) is 0 Å². The van der Waals surface area contributed by atoms with Gasteiger partial charge in [-0.05, 0) is 78.7 Å². The normalized spacial score (nSPS) is 29.7. The number of hydrogen-bond acceptors (Lipinski definition) is 7. The molecule has 2 heterocycles. The van der Waals surface area contributed by atoms with E-state index in [2.05, 4.69) is 46.5 Å². The van der Waals surface area contributed by atoms with Crippen LogP contribution in [0.15, 0.2) is 42.0 Å². The summed E-state index contributed by atoms with van der Waals surface area (Å²) in [5.41, 5.74) is 0.542.